The molecule has 120 valence electrons. The molecule has 4 heteroatoms. The number of hydrogen-bond acceptors (Lipinski definition) is 3. The molecule has 1 N–H and O–H groups in total. The third-order valence-electron chi connectivity index (χ3n) is 4.59. The van der Waals surface area contributed by atoms with Crippen LogP contribution in [0.15, 0.2) is 67.0 Å². The maximum Gasteiger partial charge on any atom is 0.119 e. The van der Waals surface area contributed by atoms with E-state index in [4.69, 9.17) is 4.74 Å². The summed E-state index contributed by atoms with van der Waals surface area (Å²) in [5.41, 5.74) is 4.98. The lowest BCUT2D eigenvalue weighted by Gasteiger charge is -2.04. The Morgan fingerprint density at radius 3 is 2.76 bits per heavy atom. The Morgan fingerprint density at radius 1 is 0.920 bits per heavy atom. The number of benzene rings is 2. The Kier molecular flexibility index (Phi) is 2.97. The fourth-order valence-electron chi connectivity index (χ4n) is 3.35. The van der Waals surface area contributed by atoms with Crippen LogP contribution in [0.3, 0.4) is 0 Å². The van der Waals surface area contributed by atoms with Crippen molar-refractivity contribution in [1.82, 2.24) is 15.0 Å². The van der Waals surface area contributed by atoms with E-state index in [0.29, 0.717) is 0 Å². The van der Waals surface area contributed by atoms with E-state index in [1.807, 2.05) is 48.8 Å². The van der Waals surface area contributed by atoms with Crippen molar-refractivity contribution in [2.24, 2.45) is 0 Å². The van der Waals surface area contributed by atoms with Gasteiger partial charge in [0.05, 0.1) is 23.8 Å². The fraction of sp³-hybridized carbons (Fsp3) is 0.0476. The molecule has 0 atom stereocenters. The highest BCUT2D eigenvalue weighted by molar-refractivity contribution is 6.11. The van der Waals surface area contributed by atoms with E-state index in [1.54, 1.807) is 7.11 Å². The molecule has 0 aliphatic heterocycles. The van der Waals surface area contributed by atoms with Crippen LogP contribution in [0, 0.1) is 0 Å². The summed E-state index contributed by atoms with van der Waals surface area (Å²) in [7, 11) is 1.68. The van der Waals surface area contributed by atoms with Gasteiger partial charge in [0.25, 0.3) is 0 Å². The Labute approximate surface area is 144 Å². The van der Waals surface area contributed by atoms with Gasteiger partial charge in [-0.05, 0) is 36.4 Å². The fourth-order valence-corrected chi connectivity index (χ4v) is 3.35. The zero-order chi connectivity index (χ0) is 16.8. The van der Waals surface area contributed by atoms with Gasteiger partial charge in [0.1, 0.15) is 5.75 Å². The number of hydrogen-bond donors (Lipinski definition) is 1. The van der Waals surface area contributed by atoms with Crippen LogP contribution in [0.4, 0.5) is 0 Å². The number of aromatic amines is 1. The predicted octanol–water partition coefficient (Wildman–Crippen LogP) is 4.94. The van der Waals surface area contributed by atoms with E-state index >= 15 is 0 Å². The van der Waals surface area contributed by atoms with Crippen molar-refractivity contribution in [3.05, 3.63) is 67.0 Å². The number of rotatable bonds is 2. The molecule has 4 nitrogen and oxygen atoms in total. The molecule has 25 heavy (non-hydrogen) atoms. The minimum Gasteiger partial charge on any atom is -0.497 e. The number of ether oxygens (including phenoxy) is 1. The monoisotopic (exact) mass is 325 g/mol. The number of methoxy groups -OCH3 is 1. The zero-order valence-corrected chi connectivity index (χ0v) is 13.7. The summed E-state index contributed by atoms with van der Waals surface area (Å²) in [6.45, 7) is 0. The first-order chi connectivity index (χ1) is 12.3. The smallest absolute Gasteiger partial charge is 0.119 e. The van der Waals surface area contributed by atoms with Gasteiger partial charge >= 0.3 is 0 Å². The van der Waals surface area contributed by atoms with Crippen LogP contribution in [0.25, 0.3) is 44.0 Å². The highest BCUT2D eigenvalue weighted by Gasteiger charge is 2.12. The number of fused-ring (bicyclic) bond motifs is 4. The maximum atomic E-state index is 5.36. The molecule has 0 saturated heterocycles. The van der Waals surface area contributed by atoms with Crippen LogP contribution in [-0.4, -0.2) is 22.1 Å². The predicted molar refractivity (Wildman–Crippen MR) is 101 cm³/mol. The number of H-pyrrole nitrogens is 1. The summed E-state index contributed by atoms with van der Waals surface area (Å²) < 4.78 is 5.36. The van der Waals surface area contributed by atoms with Crippen LogP contribution in [-0.2, 0) is 0 Å². The molecule has 0 saturated carbocycles. The van der Waals surface area contributed by atoms with Crippen LogP contribution < -0.4 is 4.74 Å². The Hall–Kier alpha value is -3.40. The molecule has 0 aliphatic carbocycles. The van der Waals surface area contributed by atoms with Crippen molar-refractivity contribution in [1.29, 1.82) is 0 Å². The Morgan fingerprint density at radius 2 is 1.84 bits per heavy atom. The molecule has 0 fully saturated rings. The summed E-state index contributed by atoms with van der Waals surface area (Å²) >= 11 is 0. The van der Waals surface area contributed by atoms with Gasteiger partial charge in [0.15, 0.2) is 0 Å². The minimum absolute atomic E-state index is 0.846. The third kappa shape index (κ3) is 2.15. The second kappa shape index (κ2) is 5.31. The first kappa shape index (κ1) is 14.0. The summed E-state index contributed by atoms with van der Waals surface area (Å²) in [6, 6.07) is 18.3. The minimum atomic E-state index is 0.846. The first-order valence-electron chi connectivity index (χ1n) is 8.13. The van der Waals surface area contributed by atoms with Crippen molar-refractivity contribution in [3.8, 4) is 17.0 Å². The SMILES string of the molecule is COc1ccc2[nH]c3c(-c4cnc5ccccc5c4)nccc3c2c1. The van der Waals surface area contributed by atoms with Crippen LogP contribution in [0.2, 0.25) is 0 Å². The van der Waals surface area contributed by atoms with Crippen LogP contribution in [0.1, 0.15) is 0 Å². The second-order valence-electron chi connectivity index (χ2n) is 6.04. The quantitative estimate of drug-likeness (QED) is 0.500. The highest BCUT2D eigenvalue weighted by atomic mass is 16.5. The molecule has 5 aromatic rings. The average molecular weight is 325 g/mol. The van der Waals surface area contributed by atoms with Crippen LogP contribution >= 0.6 is 0 Å². The van der Waals surface area contributed by atoms with Crippen molar-refractivity contribution in [3.63, 3.8) is 0 Å². The normalized spacial score (nSPS) is 11.4. The Balaban J connectivity index is 1.80. The van der Waals surface area contributed by atoms with Crippen molar-refractivity contribution in [2.75, 3.05) is 7.11 Å². The number of nitrogens with one attached hydrogen (secondary N) is 1. The molecule has 0 spiro atoms. The molecule has 3 heterocycles. The van der Waals surface area contributed by atoms with Gasteiger partial charge in [-0.3, -0.25) is 9.97 Å². The topological polar surface area (TPSA) is 50.8 Å². The molecule has 0 unspecified atom stereocenters. The second-order valence-corrected chi connectivity index (χ2v) is 6.04. The lowest BCUT2D eigenvalue weighted by Crippen LogP contribution is -1.87. The standard InChI is InChI=1S/C21H15N3O/c1-25-15-6-7-19-17(11-15)16-8-9-22-20(21(16)24-19)14-10-13-4-2-3-5-18(13)23-12-14/h2-12,24H,1H3. The molecular weight excluding hydrogens is 310 g/mol. The van der Waals surface area contributed by atoms with Gasteiger partial charge in [0.2, 0.25) is 0 Å². The third-order valence-corrected chi connectivity index (χ3v) is 4.59. The zero-order valence-electron chi connectivity index (χ0n) is 13.7. The Bertz CT molecular complexity index is 1240. The molecule has 0 bridgehead atoms. The van der Waals surface area contributed by atoms with Gasteiger partial charge in [-0.1, -0.05) is 18.2 Å². The largest absolute Gasteiger partial charge is 0.497 e. The molecule has 0 radical (unpaired) electrons. The van der Waals surface area contributed by atoms with E-state index in [9.17, 15) is 0 Å². The summed E-state index contributed by atoms with van der Waals surface area (Å²) in [5, 5.41) is 3.37. The summed E-state index contributed by atoms with van der Waals surface area (Å²) in [4.78, 5) is 12.7. The van der Waals surface area contributed by atoms with E-state index in [2.05, 4.69) is 33.2 Å². The molecule has 3 aromatic heterocycles. The molecule has 0 amide bonds. The molecular formula is C21H15N3O. The number of pyridine rings is 2. The van der Waals surface area contributed by atoms with Crippen molar-refractivity contribution < 1.29 is 4.74 Å². The number of aromatic nitrogens is 3. The van der Waals surface area contributed by atoms with Gasteiger partial charge in [-0.15, -0.1) is 0 Å². The van der Waals surface area contributed by atoms with E-state index in [0.717, 1.165) is 49.7 Å². The van der Waals surface area contributed by atoms with Crippen LogP contribution in [0.5, 0.6) is 5.75 Å². The lowest BCUT2D eigenvalue weighted by atomic mass is 10.1. The molecule has 0 aliphatic rings. The first-order valence-corrected chi connectivity index (χ1v) is 8.13. The highest BCUT2D eigenvalue weighted by Crippen LogP contribution is 2.33. The van der Waals surface area contributed by atoms with E-state index < -0.39 is 0 Å². The average Bonchev–Trinajstić information content (AvgIpc) is 3.05. The number of para-hydroxylation sites is 1. The van der Waals surface area contributed by atoms with Crippen molar-refractivity contribution in [2.45, 2.75) is 0 Å². The maximum absolute atomic E-state index is 5.36. The van der Waals surface area contributed by atoms with Crippen molar-refractivity contribution >= 4 is 32.7 Å². The number of nitrogens with zero attached hydrogens (tertiary/aromatic N) is 2. The summed E-state index contributed by atoms with van der Waals surface area (Å²) in [6.07, 6.45) is 3.73. The van der Waals surface area contributed by atoms with E-state index in [1.165, 1.54) is 0 Å². The van der Waals surface area contributed by atoms with Gasteiger partial charge in [-0.25, -0.2) is 0 Å². The summed E-state index contributed by atoms with van der Waals surface area (Å²) in [5.74, 6) is 0.846. The van der Waals surface area contributed by atoms with E-state index in [-0.39, 0.29) is 0 Å². The van der Waals surface area contributed by atoms with Gasteiger partial charge < -0.3 is 9.72 Å². The van der Waals surface area contributed by atoms with Gasteiger partial charge in [0, 0.05) is 39.6 Å². The van der Waals surface area contributed by atoms with Gasteiger partial charge in [-0.2, -0.15) is 0 Å². The lowest BCUT2D eigenvalue weighted by molar-refractivity contribution is 0.415. The molecule has 2 aromatic carbocycles. The molecule has 5 rings (SSSR count).